The molecule has 1 aromatic carbocycles. The number of benzene rings is 1. The Morgan fingerprint density at radius 3 is 2.79 bits per heavy atom. The van der Waals surface area contributed by atoms with Crippen LogP contribution in [-0.2, 0) is 11.3 Å². The summed E-state index contributed by atoms with van der Waals surface area (Å²) in [7, 11) is 0. The van der Waals surface area contributed by atoms with Crippen molar-refractivity contribution in [1.82, 2.24) is 5.32 Å². The largest absolute Gasteiger partial charge is 0.348 e. The van der Waals surface area contributed by atoms with Gasteiger partial charge in [-0.05, 0) is 39.7 Å². The lowest BCUT2D eigenvalue weighted by atomic mass is 10.2. The van der Waals surface area contributed by atoms with Gasteiger partial charge in [-0.25, -0.2) is 0 Å². The van der Waals surface area contributed by atoms with Gasteiger partial charge in [-0.15, -0.1) is 11.3 Å². The van der Waals surface area contributed by atoms with Gasteiger partial charge in [0.15, 0.2) is 0 Å². The first-order chi connectivity index (χ1) is 9.15. The summed E-state index contributed by atoms with van der Waals surface area (Å²) in [6.07, 6.45) is 3.34. The van der Waals surface area contributed by atoms with Crippen LogP contribution in [0.1, 0.15) is 10.4 Å². The van der Waals surface area contributed by atoms with Crippen molar-refractivity contribution in [3.63, 3.8) is 0 Å². The third-order valence-electron chi connectivity index (χ3n) is 2.38. The smallest absolute Gasteiger partial charge is 0.244 e. The fourth-order valence-corrected chi connectivity index (χ4v) is 3.26. The van der Waals surface area contributed by atoms with Crippen LogP contribution in [0, 0.1) is 0 Å². The number of thiophene rings is 1. The fraction of sp³-hybridized carbons (Fsp3) is 0.0714. The highest BCUT2D eigenvalue weighted by atomic mass is 79.9. The molecule has 1 amide bonds. The molecule has 5 heteroatoms. The number of nitrogens with one attached hydrogen (secondary N) is 1. The average molecular weight is 401 g/mol. The molecule has 0 saturated heterocycles. The normalized spacial score (nSPS) is 10.8. The van der Waals surface area contributed by atoms with Gasteiger partial charge in [0, 0.05) is 25.3 Å². The summed E-state index contributed by atoms with van der Waals surface area (Å²) in [5, 5.41) is 4.85. The van der Waals surface area contributed by atoms with Crippen LogP contribution in [0.2, 0.25) is 0 Å². The summed E-state index contributed by atoms with van der Waals surface area (Å²) in [6, 6.07) is 9.77. The number of hydrogen-bond donors (Lipinski definition) is 1. The molecule has 0 spiro atoms. The third kappa shape index (κ3) is 4.60. The molecule has 0 bridgehead atoms. The number of amides is 1. The second-order valence-electron chi connectivity index (χ2n) is 3.80. The molecule has 2 rings (SSSR count). The Kier molecular flexibility index (Phi) is 5.36. The van der Waals surface area contributed by atoms with Gasteiger partial charge in [-0.3, -0.25) is 4.79 Å². The van der Waals surface area contributed by atoms with E-state index in [1.54, 1.807) is 23.5 Å². The first kappa shape index (κ1) is 14.5. The molecule has 2 nitrogen and oxygen atoms in total. The van der Waals surface area contributed by atoms with E-state index in [0.29, 0.717) is 6.54 Å². The van der Waals surface area contributed by atoms with E-state index in [1.807, 2.05) is 35.7 Å². The standard InChI is InChI=1S/C14H11Br2NOS/c15-11-7-12(19-9-11)8-17-14(18)6-5-10-3-1-2-4-13(10)16/h1-7,9H,8H2,(H,17,18)/b6-5+. The summed E-state index contributed by atoms with van der Waals surface area (Å²) >= 11 is 8.44. The molecule has 0 aliphatic rings. The molecule has 98 valence electrons. The molecule has 1 heterocycles. The second-order valence-corrected chi connectivity index (χ2v) is 6.57. The van der Waals surface area contributed by atoms with E-state index in [9.17, 15) is 4.79 Å². The quantitative estimate of drug-likeness (QED) is 0.746. The summed E-state index contributed by atoms with van der Waals surface area (Å²) in [6.45, 7) is 0.551. The van der Waals surface area contributed by atoms with Crippen molar-refractivity contribution in [3.8, 4) is 0 Å². The van der Waals surface area contributed by atoms with Crippen LogP contribution in [-0.4, -0.2) is 5.91 Å². The zero-order valence-electron chi connectivity index (χ0n) is 9.90. The molecule has 0 radical (unpaired) electrons. The van der Waals surface area contributed by atoms with Crippen LogP contribution < -0.4 is 5.32 Å². The van der Waals surface area contributed by atoms with E-state index in [1.165, 1.54) is 0 Å². The van der Waals surface area contributed by atoms with Gasteiger partial charge in [0.05, 0.1) is 6.54 Å². The summed E-state index contributed by atoms with van der Waals surface area (Å²) < 4.78 is 2.02. The highest BCUT2D eigenvalue weighted by Gasteiger charge is 2.00. The first-order valence-corrected chi connectivity index (χ1v) is 8.05. The molecule has 0 aliphatic carbocycles. The first-order valence-electron chi connectivity index (χ1n) is 5.58. The molecule has 0 unspecified atom stereocenters. The lowest BCUT2D eigenvalue weighted by Crippen LogP contribution is -2.19. The van der Waals surface area contributed by atoms with Crippen LogP contribution in [0.4, 0.5) is 0 Å². The van der Waals surface area contributed by atoms with Crippen LogP contribution in [0.25, 0.3) is 6.08 Å². The van der Waals surface area contributed by atoms with Crippen LogP contribution in [0.3, 0.4) is 0 Å². The number of carbonyl (C=O) groups excluding carboxylic acids is 1. The van der Waals surface area contributed by atoms with Crippen molar-refractivity contribution in [3.05, 3.63) is 61.2 Å². The molecule has 1 aromatic heterocycles. The molecule has 0 aliphatic heterocycles. The van der Waals surface area contributed by atoms with Crippen LogP contribution >= 0.6 is 43.2 Å². The van der Waals surface area contributed by atoms with Crippen molar-refractivity contribution in [2.45, 2.75) is 6.54 Å². The van der Waals surface area contributed by atoms with Gasteiger partial charge in [0.1, 0.15) is 0 Å². The van der Waals surface area contributed by atoms with Crippen molar-refractivity contribution in [1.29, 1.82) is 0 Å². The average Bonchev–Trinajstić information content (AvgIpc) is 2.81. The van der Waals surface area contributed by atoms with Crippen molar-refractivity contribution in [2.75, 3.05) is 0 Å². The Morgan fingerprint density at radius 2 is 2.11 bits per heavy atom. The lowest BCUT2D eigenvalue weighted by Gasteiger charge is -2.00. The number of rotatable bonds is 4. The van der Waals surface area contributed by atoms with E-state index in [4.69, 9.17) is 0 Å². The Balaban J connectivity index is 1.89. The van der Waals surface area contributed by atoms with Gasteiger partial charge in [-0.2, -0.15) is 0 Å². The minimum Gasteiger partial charge on any atom is -0.348 e. The maximum atomic E-state index is 11.7. The molecule has 19 heavy (non-hydrogen) atoms. The predicted octanol–water partition coefficient (Wildman–Crippen LogP) is 4.60. The highest BCUT2D eigenvalue weighted by Crippen LogP contribution is 2.19. The van der Waals surface area contributed by atoms with Crippen molar-refractivity contribution < 1.29 is 4.79 Å². The third-order valence-corrected chi connectivity index (χ3v) is 4.80. The SMILES string of the molecule is O=C(/C=C/c1ccccc1Br)NCc1cc(Br)cs1. The van der Waals surface area contributed by atoms with Crippen molar-refractivity contribution >= 4 is 55.2 Å². The fourth-order valence-electron chi connectivity index (χ4n) is 1.46. The summed E-state index contributed by atoms with van der Waals surface area (Å²) in [5.41, 5.74) is 0.983. The topological polar surface area (TPSA) is 29.1 Å². The number of hydrogen-bond acceptors (Lipinski definition) is 2. The van der Waals surface area contributed by atoms with Crippen LogP contribution in [0.15, 0.2) is 50.7 Å². The molecule has 0 fully saturated rings. The minimum atomic E-state index is -0.0970. The van der Waals surface area contributed by atoms with E-state index in [2.05, 4.69) is 37.2 Å². The lowest BCUT2D eigenvalue weighted by molar-refractivity contribution is -0.116. The molecule has 2 aromatic rings. The van der Waals surface area contributed by atoms with Crippen molar-refractivity contribution in [2.24, 2.45) is 0 Å². The Labute approximate surface area is 132 Å². The number of halogens is 2. The summed E-state index contributed by atoms with van der Waals surface area (Å²) in [5.74, 6) is -0.0970. The summed E-state index contributed by atoms with van der Waals surface area (Å²) in [4.78, 5) is 12.8. The van der Waals surface area contributed by atoms with E-state index >= 15 is 0 Å². The molecular weight excluding hydrogens is 390 g/mol. The van der Waals surface area contributed by atoms with E-state index < -0.39 is 0 Å². The predicted molar refractivity (Wildman–Crippen MR) is 87.0 cm³/mol. The molecule has 0 saturated carbocycles. The second kappa shape index (κ2) is 7.03. The van der Waals surface area contributed by atoms with Crippen LogP contribution in [0.5, 0.6) is 0 Å². The Hall–Kier alpha value is -0.910. The Bertz CT molecular complexity index is 607. The number of carbonyl (C=O) groups is 1. The zero-order chi connectivity index (χ0) is 13.7. The maximum absolute atomic E-state index is 11.7. The van der Waals surface area contributed by atoms with E-state index in [0.717, 1.165) is 19.4 Å². The van der Waals surface area contributed by atoms with Gasteiger partial charge in [0.25, 0.3) is 0 Å². The monoisotopic (exact) mass is 399 g/mol. The van der Waals surface area contributed by atoms with Gasteiger partial charge >= 0.3 is 0 Å². The molecule has 0 atom stereocenters. The van der Waals surface area contributed by atoms with Gasteiger partial charge in [0.2, 0.25) is 5.91 Å². The van der Waals surface area contributed by atoms with Gasteiger partial charge < -0.3 is 5.32 Å². The maximum Gasteiger partial charge on any atom is 0.244 e. The van der Waals surface area contributed by atoms with Gasteiger partial charge in [-0.1, -0.05) is 34.1 Å². The highest BCUT2D eigenvalue weighted by molar-refractivity contribution is 9.10. The minimum absolute atomic E-state index is 0.0970. The Morgan fingerprint density at radius 1 is 1.32 bits per heavy atom. The van der Waals surface area contributed by atoms with E-state index in [-0.39, 0.29) is 5.91 Å². The zero-order valence-corrected chi connectivity index (χ0v) is 13.9. The molecular formula is C14H11Br2NOS. The molecule has 1 N–H and O–H groups in total.